The zero-order chi connectivity index (χ0) is 10.8. The van der Waals surface area contributed by atoms with Gasteiger partial charge in [-0.15, -0.1) is 23.1 Å². The van der Waals surface area contributed by atoms with Gasteiger partial charge in [-0.3, -0.25) is 4.79 Å². The number of hydrogen-bond donors (Lipinski definition) is 1. The van der Waals surface area contributed by atoms with Gasteiger partial charge in [0, 0.05) is 11.4 Å². The van der Waals surface area contributed by atoms with Gasteiger partial charge in [0.15, 0.2) is 0 Å². The van der Waals surface area contributed by atoms with Crippen molar-refractivity contribution in [1.29, 1.82) is 0 Å². The molecule has 1 aromatic heterocycles. The van der Waals surface area contributed by atoms with E-state index in [2.05, 4.69) is 0 Å². The van der Waals surface area contributed by atoms with Gasteiger partial charge in [0.25, 0.3) is 0 Å². The number of hydrogen-bond acceptors (Lipinski definition) is 4. The Hall–Kier alpha value is -0.520. The van der Waals surface area contributed by atoms with Crippen molar-refractivity contribution in [2.45, 2.75) is 17.5 Å². The van der Waals surface area contributed by atoms with Crippen LogP contribution in [0.1, 0.15) is 17.2 Å². The number of thioether (sulfide) groups is 1. The fourth-order valence-electron chi connectivity index (χ4n) is 1.66. The average Bonchev–Trinajstić information content (AvgIpc) is 2.81. The summed E-state index contributed by atoms with van der Waals surface area (Å²) in [6.07, 6.45) is 0. The van der Waals surface area contributed by atoms with Crippen LogP contribution in [-0.4, -0.2) is 34.3 Å². The number of aliphatic hydroxyl groups is 1. The number of rotatable bonds is 3. The molecule has 0 unspecified atom stereocenters. The summed E-state index contributed by atoms with van der Waals surface area (Å²) in [5, 5.41) is 11.1. The summed E-state index contributed by atoms with van der Waals surface area (Å²) in [5.74, 6) is 0.132. The van der Waals surface area contributed by atoms with Gasteiger partial charge >= 0.3 is 0 Å². The molecule has 5 heteroatoms. The van der Waals surface area contributed by atoms with Crippen molar-refractivity contribution in [2.24, 2.45) is 0 Å². The van der Waals surface area contributed by atoms with Crippen molar-refractivity contribution >= 4 is 29.0 Å². The van der Waals surface area contributed by atoms with Crippen molar-refractivity contribution in [2.75, 3.05) is 13.2 Å². The Bertz CT molecular complexity index is 339. The molecular formula is C10H13NO2S2. The molecule has 1 aromatic rings. The van der Waals surface area contributed by atoms with E-state index in [1.54, 1.807) is 28.0 Å². The Morgan fingerprint density at radius 1 is 1.60 bits per heavy atom. The van der Waals surface area contributed by atoms with E-state index in [1.165, 1.54) is 4.88 Å². The second-order valence-corrected chi connectivity index (χ2v) is 5.81. The first-order valence-electron chi connectivity index (χ1n) is 4.84. The minimum Gasteiger partial charge on any atom is -0.395 e. The van der Waals surface area contributed by atoms with Crippen LogP contribution in [0.2, 0.25) is 0 Å². The SMILES string of the molecule is C[C@H]1S[C@H](c2cccs2)N(CCO)C1=O. The number of β-amino-alcohol motifs (C(OH)–C–C–N with tert-alkyl or cyclic N) is 1. The summed E-state index contributed by atoms with van der Waals surface area (Å²) in [6.45, 7) is 2.38. The van der Waals surface area contributed by atoms with E-state index in [-0.39, 0.29) is 23.1 Å². The number of aliphatic hydroxyl groups excluding tert-OH is 1. The van der Waals surface area contributed by atoms with Crippen LogP contribution in [0.5, 0.6) is 0 Å². The molecule has 2 heterocycles. The molecule has 1 fully saturated rings. The maximum Gasteiger partial charge on any atom is 0.236 e. The minimum absolute atomic E-state index is 0.00338. The van der Waals surface area contributed by atoms with E-state index in [1.807, 2.05) is 24.4 Å². The number of carbonyl (C=O) groups excluding carboxylic acids is 1. The van der Waals surface area contributed by atoms with Crippen molar-refractivity contribution in [3.8, 4) is 0 Å². The summed E-state index contributed by atoms with van der Waals surface area (Å²) >= 11 is 3.31. The Labute approximate surface area is 97.1 Å². The molecule has 0 aromatic carbocycles. The van der Waals surface area contributed by atoms with E-state index in [0.717, 1.165) is 0 Å². The molecule has 82 valence electrons. The quantitative estimate of drug-likeness (QED) is 0.878. The molecule has 1 saturated heterocycles. The lowest BCUT2D eigenvalue weighted by Crippen LogP contribution is -2.32. The van der Waals surface area contributed by atoms with Gasteiger partial charge in [-0.25, -0.2) is 0 Å². The molecule has 2 atom stereocenters. The third-order valence-electron chi connectivity index (χ3n) is 2.37. The monoisotopic (exact) mass is 243 g/mol. The van der Waals surface area contributed by atoms with E-state index in [0.29, 0.717) is 6.54 Å². The van der Waals surface area contributed by atoms with Crippen LogP contribution in [0.3, 0.4) is 0 Å². The van der Waals surface area contributed by atoms with E-state index in [4.69, 9.17) is 5.11 Å². The number of thiophene rings is 1. The van der Waals surface area contributed by atoms with Gasteiger partial charge in [-0.1, -0.05) is 6.07 Å². The molecule has 1 N–H and O–H groups in total. The molecule has 2 rings (SSSR count). The first-order chi connectivity index (χ1) is 7.24. The molecule has 0 radical (unpaired) electrons. The molecule has 15 heavy (non-hydrogen) atoms. The molecule has 0 spiro atoms. The topological polar surface area (TPSA) is 40.5 Å². The fourth-order valence-corrected chi connectivity index (χ4v) is 3.92. The lowest BCUT2D eigenvalue weighted by molar-refractivity contribution is -0.130. The zero-order valence-corrected chi connectivity index (χ0v) is 10.1. The zero-order valence-electron chi connectivity index (χ0n) is 8.42. The minimum atomic E-state index is 0.00338. The van der Waals surface area contributed by atoms with E-state index < -0.39 is 0 Å². The maximum atomic E-state index is 11.8. The summed E-state index contributed by atoms with van der Waals surface area (Å²) < 4.78 is 0. The standard InChI is InChI=1S/C10H13NO2S2/c1-7-9(13)11(4-5-12)10(15-7)8-3-2-6-14-8/h2-3,6-7,10,12H,4-5H2,1H3/t7-,10-/m1/s1. The molecule has 0 aliphatic carbocycles. The number of carbonyl (C=O) groups is 1. The summed E-state index contributed by atoms with van der Waals surface area (Å²) in [7, 11) is 0. The summed E-state index contributed by atoms with van der Waals surface area (Å²) in [5.41, 5.74) is 0. The van der Waals surface area contributed by atoms with Crippen LogP contribution < -0.4 is 0 Å². The third-order valence-corrected chi connectivity index (χ3v) is 4.82. The number of nitrogens with zero attached hydrogens (tertiary/aromatic N) is 1. The van der Waals surface area contributed by atoms with Crippen molar-refractivity contribution in [3.63, 3.8) is 0 Å². The molecule has 1 aliphatic rings. The van der Waals surface area contributed by atoms with Gasteiger partial charge in [-0.05, 0) is 18.4 Å². The highest BCUT2D eigenvalue weighted by Gasteiger charge is 2.38. The maximum absolute atomic E-state index is 11.8. The Balaban J connectivity index is 2.20. The van der Waals surface area contributed by atoms with Crippen molar-refractivity contribution in [3.05, 3.63) is 22.4 Å². The van der Waals surface area contributed by atoms with Crippen LogP contribution in [0.25, 0.3) is 0 Å². The van der Waals surface area contributed by atoms with Crippen LogP contribution in [-0.2, 0) is 4.79 Å². The number of amides is 1. The molecule has 1 aliphatic heterocycles. The predicted molar refractivity (Wildman–Crippen MR) is 62.9 cm³/mol. The molecule has 1 amide bonds. The van der Waals surface area contributed by atoms with Gasteiger partial charge < -0.3 is 10.0 Å². The first-order valence-corrected chi connectivity index (χ1v) is 6.66. The molecule has 0 bridgehead atoms. The predicted octanol–water partition coefficient (Wildman–Crippen LogP) is 1.70. The van der Waals surface area contributed by atoms with Crippen LogP contribution in [0.15, 0.2) is 17.5 Å². The molecule has 3 nitrogen and oxygen atoms in total. The lowest BCUT2D eigenvalue weighted by Gasteiger charge is -2.21. The van der Waals surface area contributed by atoms with Crippen LogP contribution >= 0.6 is 23.1 Å². The third kappa shape index (κ3) is 2.04. The molecule has 0 saturated carbocycles. The van der Waals surface area contributed by atoms with E-state index in [9.17, 15) is 4.79 Å². The molecular weight excluding hydrogens is 230 g/mol. The highest BCUT2D eigenvalue weighted by atomic mass is 32.2. The summed E-state index contributed by atoms with van der Waals surface area (Å²) in [6, 6.07) is 4.03. The highest BCUT2D eigenvalue weighted by molar-refractivity contribution is 8.01. The van der Waals surface area contributed by atoms with Crippen molar-refractivity contribution in [1.82, 2.24) is 4.90 Å². The average molecular weight is 243 g/mol. The Morgan fingerprint density at radius 3 is 3.00 bits per heavy atom. The van der Waals surface area contributed by atoms with Crippen molar-refractivity contribution < 1.29 is 9.90 Å². The highest BCUT2D eigenvalue weighted by Crippen LogP contribution is 2.43. The Kier molecular flexibility index (Phi) is 3.33. The second kappa shape index (κ2) is 4.55. The van der Waals surface area contributed by atoms with E-state index >= 15 is 0 Å². The first kappa shape index (κ1) is 11.0. The smallest absolute Gasteiger partial charge is 0.236 e. The van der Waals surface area contributed by atoms with Gasteiger partial charge in [0.1, 0.15) is 5.37 Å². The normalized spacial score (nSPS) is 26.3. The largest absolute Gasteiger partial charge is 0.395 e. The summed E-state index contributed by atoms with van der Waals surface area (Å²) in [4.78, 5) is 14.8. The van der Waals surface area contributed by atoms with Crippen LogP contribution in [0.4, 0.5) is 0 Å². The van der Waals surface area contributed by atoms with Crippen LogP contribution in [0, 0.1) is 0 Å². The Morgan fingerprint density at radius 2 is 2.40 bits per heavy atom. The van der Waals surface area contributed by atoms with Gasteiger partial charge in [0.05, 0.1) is 11.9 Å². The second-order valence-electron chi connectivity index (χ2n) is 3.40. The fraction of sp³-hybridized carbons (Fsp3) is 0.500. The lowest BCUT2D eigenvalue weighted by atomic mass is 10.3. The van der Waals surface area contributed by atoms with Gasteiger partial charge in [-0.2, -0.15) is 0 Å². The van der Waals surface area contributed by atoms with Gasteiger partial charge in [0.2, 0.25) is 5.91 Å².